The quantitative estimate of drug-likeness (QED) is 0.372. The lowest BCUT2D eigenvalue weighted by atomic mass is 10.1. The second kappa shape index (κ2) is 5.04. The van der Waals surface area contributed by atoms with Gasteiger partial charge < -0.3 is 0 Å². The Labute approximate surface area is 98.8 Å². The van der Waals surface area contributed by atoms with Crippen molar-refractivity contribution < 1.29 is 9.72 Å². The summed E-state index contributed by atoms with van der Waals surface area (Å²) < 4.78 is 0.690. The van der Waals surface area contributed by atoms with E-state index in [-0.39, 0.29) is 5.69 Å². The number of carbonyl (C=O) groups excluding carboxylic acids is 1. The molecular weight excluding hydrogens is 285 g/mol. The molecule has 1 aromatic rings. The van der Waals surface area contributed by atoms with Crippen molar-refractivity contribution >= 4 is 44.5 Å². The summed E-state index contributed by atoms with van der Waals surface area (Å²) in [6.07, 6.45) is 2.37. The van der Waals surface area contributed by atoms with Crippen LogP contribution in [0.5, 0.6) is 0 Å². The summed E-state index contributed by atoms with van der Waals surface area (Å²) in [5, 5.41) is 9.94. The highest BCUT2D eigenvalue weighted by molar-refractivity contribution is 9.10. The van der Waals surface area contributed by atoms with Crippen molar-refractivity contribution in [1.82, 2.24) is 0 Å². The van der Waals surface area contributed by atoms with Crippen molar-refractivity contribution in [3.8, 4) is 0 Å². The van der Waals surface area contributed by atoms with Gasteiger partial charge in [0.1, 0.15) is 0 Å². The summed E-state index contributed by atoms with van der Waals surface area (Å²) >= 11 is 8.27. The summed E-state index contributed by atoms with van der Waals surface area (Å²) in [6.45, 7) is 0. The Morgan fingerprint density at radius 2 is 2.20 bits per heavy atom. The van der Waals surface area contributed by atoms with Crippen LogP contribution in [0.15, 0.2) is 28.7 Å². The molecule has 15 heavy (non-hydrogen) atoms. The van der Waals surface area contributed by atoms with Crippen LogP contribution in [0.4, 0.5) is 5.69 Å². The smallest absolute Gasteiger partial charge is 0.276 e. The first-order valence-corrected chi connectivity index (χ1v) is 4.99. The van der Waals surface area contributed by atoms with E-state index in [1.807, 2.05) is 0 Å². The van der Waals surface area contributed by atoms with E-state index in [4.69, 9.17) is 11.6 Å². The monoisotopic (exact) mass is 289 g/mol. The molecule has 0 unspecified atom stereocenters. The Kier molecular flexibility index (Phi) is 3.99. The van der Waals surface area contributed by atoms with Crippen LogP contribution >= 0.6 is 27.5 Å². The lowest BCUT2D eigenvalue weighted by molar-refractivity contribution is -0.385. The maximum atomic E-state index is 10.6. The third kappa shape index (κ3) is 3.45. The SMILES string of the molecule is O=C(Cl)C=Cc1cc(Br)ccc1[N+](=O)[O-]. The molecule has 78 valence electrons. The minimum Gasteiger partial charge on any atom is -0.276 e. The van der Waals surface area contributed by atoms with Gasteiger partial charge >= 0.3 is 0 Å². The number of allylic oxidation sites excluding steroid dienone is 1. The number of nitro benzene ring substituents is 1. The molecule has 0 aliphatic rings. The highest BCUT2D eigenvalue weighted by atomic mass is 79.9. The number of carbonyl (C=O) groups is 1. The molecule has 0 heterocycles. The summed E-state index contributed by atoms with van der Waals surface area (Å²) in [7, 11) is 0. The number of nitro groups is 1. The normalized spacial score (nSPS) is 10.5. The van der Waals surface area contributed by atoms with Gasteiger partial charge in [-0.2, -0.15) is 0 Å². The van der Waals surface area contributed by atoms with Crippen LogP contribution < -0.4 is 0 Å². The topological polar surface area (TPSA) is 60.2 Å². The van der Waals surface area contributed by atoms with E-state index >= 15 is 0 Å². The highest BCUT2D eigenvalue weighted by Crippen LogP contribution is 2.24. The molecule has 0 bridgehead atoms. The van der Waals surface area contributed by atoms with Crippen molar-refractivity contribution in [3.63, 3.8) is 0 Å². The van der Waals surface area contributed by atoms with Crippen molar-refractivity contribution in [2.24, 2.45) is 0 Å². The van der Waals surface area contributed by atoms with Gasteiger partial charge in [-0.05, 0) is 35.9 Å². The molecule has 4 nitrogen and oxygen atoms in total. The van der Waals surface area contributed by atoms with Gasteiger partial charge in [-0.15, -0.1) is 0 Å². The molecule has 0 aromatic heterocycles. The molecule has 0 saturated carbocycles. The van der Waals surface area contributed by atoms with Gasteiger partial charge in [0.2, 0.25) is 5.24 Å². The summed E-state index contributed by atoms with van der Waals surface area (Å²) in [4.78, 5) is 20.6. The zero-order valence-electron chi connectivity index (χ0n) is 7.31. The van der Waals surface area contributed by atoms with Gasteiger partial charge in [-0.1, -0.05) is 15.9 Å². The molecule has 0 N–H and O–H groups in total. The van der Waals surface area contributed by atoms with Crippen LogP contribution in [0.25, 0.3) is 6.08 Å². The fourth-order valence-corrected chi connectivity index (χ4v) is 1.42. The first-order chi connectivity index (χ1) is 7.00. The standard InChI is InChI=1S/C9H5BrClNO3/c10-7-2-3-8(12(14)15)6(5-7)1-4-9(11)13/h1-5H. The van der Waals surface area contributed by atoms with Crippen LogP contribution in [0.3, 0.4) is 0 Å². The number of hydrogen-bond acceptors (Lipinski definition) is 3. The van der Waals surface area contributed by atoms with Gasteiger partial charge in [0, 0.05) is 10.5 Å². The Balaban J connectivity index is 3.18. The Morgan fingerprint density at radius 1 is 1.53 bits per heavy atom. The van der Waals surface area contributed by atoms with E-state index in [1.165, 1.54) is 18.2 Å². The van der Waals surface area contributed by atoms with Gasteiger partial charge in [-0.3, -0.25) is 14.9 Å². The molecule has 0 aliphatic carbocycles. The van der Waals surface area contributed by atoms with E-state index < -0.39 is 10.2 Å². The van der Waals surface area contributed by atoms with Crippen molar-refractivity contribution in [3.05, 3.63) is 44.4 Å². The number of nitrogens with zero attached hydrogens (tertiary/aromatic N) is 1. The first-order valence-electron chi connectivity index (χ1n) is 3.82. The molecule has 0 amide bonds. The summed E-state index contributed by atoms with van der Waals surface area (Å²) in [5.41, 5.74) is 0.246. The molecule has 6 heteroatoms. The summed E-state index contributed by atoms with van der Waals surface area (Å²) in [6, 6.07) is 4.44. The largest absolute Gasteiger partial charge is 0.276 e. The Hall–Kier alpha value is -1.20. The fourth-order valence-electron chi connectivity index (χ4n) is 0.980. The van der Waals surface area contributed by atoms with Crippen LogP contribution in [0.1, 0.15) is 5.56 Å². The van der Waals surface area contributed by atoms with Crippen LogP contribution in [-0.2, 0) is 4.79 Å². The predicted octanol–water partition coefficient (Wildman–Crippen LogP) is 3.14. The minimum atomic E-state index is -0.677. The maximum Gasteiger partial charge on any atom is 0.276 e. The molecular formula is C9H5BrClNO3. The van der Waals surface area contributed by atoms with Crippen LogP contribution in [0, 0.1) is 10.1 Å². The molecule has 1 aromatic carbocycles. The third-order valence-corrected chi connectivity index (χ3v) is 2.20. The lowest BCUT2D eigenvalue weighted by Gasteiger charge is -1.97. The minimum absolute atomic E-state index is 0.0765. The maximum absolute atomic E-state index is 10.6. The Morgan fingerprint density at radius 3 is 2.73 bits per heavy atom. The predicted molar refractivity (Wildman–Crippen MR) is 60.7 cm³/mol. The number of benzene rings is 1. The van der Waals surface area contributed by atoms with Crippen LogP contribution in [-0.4, -0.2) is 10.2 Å². The number of rotatable bonds is 3. The number of hydrogen-bond donors (Lipinski definition) is 0. The Bertz CT molecular complexity index is 445. The first kappa shape index (κ1) is 11.9. The molecule has 0 atom stereocenters. The van der Waals surface area contributed by atoms with E-state index in [1.54, 1.807) is 6.07 Å². The molecule has 0 fully saturated rings. The molecule has 0 aliphatic heterocycles. The van der Waals surface area contributed by atoms with Crippen molar-refractivity contribution in [2.45, 2.75) is 0 Å². The fraction of sp³-hybridized carbons (Fsp3) is 0. The molecule has 0 spiro atoms. The second-order valence-electron chi connectivity index (χ2n) is 2.60. The van der Waals surface area contributed by atoms with E-state index in [0.717, 1.165) is 6.08 Å². The van der Waals surface area contributed by atoms with Crippen LogP contribution in [0.2, 0.25) is 0 Å². The number of halogens is 2. The zero-order chi connectivity index (χ0) is 11.4. The van der Waals surface area contributed by atoms with E-state index in [0.29, 0.717) is 10.0 Å². The molecule has 0 saturated heterocycles. The average Bonchev–Trinajstić information content (AvgIpc) is 2.14. The van der Waals surface area contributed by atoms with E-state index in [9.17, 15) is 14.9 Å². The van der Waals surface area contributed by atoms with E-state index in [2.05, 4.69) is 15.9 Å². The van der Waals surface area contributed by atoms with Gasteiger partial charge in [0.15, 0.2) is 0 Å². The molecule has 1 rings (SSSR count). The molecule has 0 radical (unpaired) electrons. The average molecular weight is 290 g/mol. The summed E-state index contributed by atoms with van der Waals surface area (Å²) in [5.74, 6) is 0. The van der Waals surface area contributed by atoms with Gasteiger partial charge in [0.05, 0.1) is 10.5 Å². The van der Waals surface area contributed by atoms with Crippen molar-refractivity contribution in [1.29, 1.82) is 0 Å². The highest BCUT2D eigenvalue weighted by Gasteiger charge is 2.11. The zero-order valence-corrected chi connectivity index (χ0v) is 9.66. The van der Waals surface area contributed by atoms with Crippen molar-refractivity contribution in [2.75, 3.05) is 0 Å². The lowest BCUT2D eigenvalue weighted by Crippen LogP contribution is -1.91. The van der Waals surface area contributed by atoms with Gasteiger partial charge in [-0.25, -0.2) is 0 Å². The second-order valence-corrected chi connectivity index (χ2v) is 3.89. The third-order valence-electron chi connectivity index (χ3n) is 1.58. The van der Waals surface area contributed by atoms with Gasteiger partial charge in [0.25, 0.3) is 5.69 Å².